The Hall–Kier alpha value is -2.40. The second kappa shape index (κ2) is 8.99. The first kappa shape index (κ1) is 20.5. The summed E-state index contributed by atoms with van der Waals surface area (Å²) in [5.74, 6) is 1.16. The van der Waals surface area contributed by atoms with E-state index in [9.17, 15) is 4.79 Å². The second-order valence-corrected chi connectivity index (χ2v) is 10.2. The van der Waals surface area contributed by atoms with Crippen LogP contribution in [0.5, 0.6) is 0 Å². The van der Waals surface area contributed by atoms with Gasteiger partial charge in [-0.3, -0.25) is 4.79 Å². The molecule has 2 fully saturated rings. The highest BCUT2D eigenvalue weighted by atomic mass is 32.1. The molecule has 1 aromatic heterocycles. The zero-order valence-electron chi connectivity index (χ0n) is 18.3. The number of fused-ring (bicyclic) bond motifs is 1. The first-order chi connectivity index (χ1) is 15.2. The Balaban J connectivity index is 1.19. The molecular weight excluding hydrogens is 402 g/mol. The molecule has 2 aliphatic heterocycles. The van der Waals surface area contributed by atoms with Gasteiger partial charge in [-0.15, -0.1) is 0 Å². The number of benzene rings is 2. The van der Waals surface area contributed by atoms with Crippen molar-refractivity contribution in [1.29, 1.82) is 0 Å². The number of nitrogens with zero attached hydrogens (tertiary/aromatic N) is 3. The molecule has 2 saturated heterocycles. The zero-order chi connectivity index (χ0) is 21.2. The summed E-state index contributed by atoms with van der Waals surface area (Å²) < 4.78 is 1.24. The predicted molar refractivity (Wildman–Crippen MR) is 129 cm³/mol. The summed E-state index contributed by atoms with van der Waals surface area (Å²) in [6.07, 6.45) is 5.44. The van der Waals surface area contributed by atoms with Gasteiger partial charge in [-0.25, -0.2) is 4.98 Å². The van der Waals surface area contributed by atoms with Crippen molar-refractivity contribution in [2.24, 2.45) is 11.8 Å². The molecule has 0 saturated carbocycles. The third-order valence-corrected chi connectivity index (χ3v) is 7.95. The second-order valence-electron chi connectivity index (χ2n) is 9.21. The lowest BCUT2D eigenvalue weighted by atomic mass is 9.89. The van der Waals surface area contributed by atoms with Gasteiger partial charge in [0, 0.05) is 26.2 Å². The number of hydrogen-bond acceptors (Lipinski definition) is 4. The Morgan fingerprint density at radius 2 is 1.87 bits per heavy atom. The fourth-order valence-corrected chi connectivity index (χ4v) is 6.17. The van der Waals surface area contributed by atoms with E-state index in [0.717, 1.165) is 68.9 Å². The molecule has 2 aromatic carbocycles. The Kier molecular flexibility index (Phi) is 5.95. The molecule has 3 aromatic rings. The van der Waals surface area contributed by atoms with Crippen LogP contribution in [0.25, 0.3) is 10.2 Å². The molecule has 1 amide bonds. The van der Waals surface area contributed by atoms with Crippen molar-refractivity contribution < 1.29 is 4.79 Å². The summed E-state index contributed by atoms with van der Waals surface area (Å²) in [6.45, 7) is 5.75. The van der Waals surface area contributed by atoms with Crippen molar-refractivity contribution in [3.63, 3.8) is 0 Å². The van der Waals surface area contributed by atoms with Crippen molar-refractivity contribution in [2.45, 2.75) is 39.0 Å². The summed E-state index contributed by atoms with van der Waals surface area (Å²) in [6, 6.07) is 17.2. The van der Waals surface area contributed by atoms with Gasteiger partial charge < -0.3 is 9.80 Å². The van der Waals surface area contributed by atoms with Crippen molar-refractivity contribution >= 4 is 32.6 Å². The number of carbonyl (C=O) groups is 1. The average Bonchev–Trinajstić information content (AvgIpc) is 3.23. The molecule has 3 heterocycles. The molecule has 4 nitrogen and oxygen atoms in total. The summed E-state index contributed by atoms with van der Waals surface area (Å²) >= 11 is 1.76. The molecule has 0 bridgehead atoms. The topological polar surface area (TPSA) is 36.4 Å². The van der Waals surface area contributed by atoms with Gasteiger partial charge in [0.15, 0.2) is 5.13 Å². The maximum Gasteiger partial charge on any atom is 0.227 e. The number of piperidine rings is 2. The Morgan fingerprint density at radius 3 is 2.68 bits per heavy atom. The van der Waals surface area contributed by atoms with Crippen LogP contribution in [0.4, 0.5) is 5.13 Å². The minimum absolute atomic E-state index is 0.105. The molecule has 0 spiro atoms. The molecule has 0 aliphatic carbocycles. The monoisotopic (exact) mass is 433 g/mol. The van der Waals surface area contributed by atoms with Crippen LogP contribution in [0.3, 0.4) is 0 Å². The van der Waals surface area contributed by atoms with Crippen LogP contribution in [-0.4, -0.2) is 42.0 Å². The molecular formula is C26H31N3OS. The lowest BCUT2D eigenvalue weighted by Gasteiger charge is -2.38. The van der Waals surface area contributed by atoms with Gasteiger partial charge in [-0.05, 0) is 68.2 Å². The van der Waals surface area contributed by atoms with Crippen molar-refractivity contribution in [1.82, 2.24) is 9.88 Å². The molecule has 0 N–H and O–H groups in total. The molecule has 2 aliphatic rings. The lowest BCUT2D eigenvalue weighted by Crippen LogP contribution is -2.47. The van der Waals surface area contributed by atoms with Gasteiger partial charge in [0.2, 0.25) is 5.91 Å². The largest absolute Gasteiger partial charge is 0.347 e. The Morgan fingerprint density at radius 1 is 1.06 bits per heavy atom. The number of aryl methyl sites for hydroxylation is 1. The number of rotatable bonds is 4. The molecule has 1 atom stereocenters. The van der Waals surface area contributed by atoms with Crippen LogP contribution in [-0.2, 0) is 11.2 Å². The first-order valence-corrected chi connectivity index (χ1v) is 12.4. The first-order valence-electron chi connectivity index (χ1n) is 11.6. The van der Waals surface area contributed by atoms with Crippen molar-refractivity contribution in [2.75, 3.05) is 31.1 Å². The van der Waals surface area contributed by atoms with Gasteiger partial charge in [-0.2, -0.15) is 0 Å². The highest BCUT2D eigenvalue weighted by Crippen LogP contribution is 2.33. The number of amides is 1. The lowest BCUT2D eigenvalue weighted by molar-refractivity contribution is -0.137. The van der Waals surface area contributed by atoms with Gasteiger partial charge in [0.05, 0.1) is 16.1 Å². The van der Waals surface area contributed by atoms with Gasteiger partial charge in [0.25, 0.3) is 0 Å². The van der Waals surface area contributed by atoms with E-state index in [1.54, 1.807) is 11.3 Å². The molecule has 1 unspecified atom stereocenters. The summed E-state index contributed by atoms with van der Waals surface area (Å²) in [5.41, 5.74) is 3.76. The maximum atomic E-state index is 13.3. The minimum Gasteiger partial charge on any atom is -0.347 e. The summed E-state index contributed by atoms with van der Waals surface area (Å²) in [4.78, 5) is 22.6. The number of likely N-dealkylation sites (tertiary alicyclic amines) is 1. The number of carbonyl (C=O) groups excluding carboxylic acids is 1. The average molecular weight is 434 g/mol. The van der Waals surface area contributed by atoms with Gasteiger partial charge in [-0.1, -0.05) is 47.7 Å². The number of aromatic nitrogens is 1. The molecule has 0 radical (unpaired) electrons. The highest BCUT2D eigenvalue weighted by Gasteiger charge is 2.32. The molecule has 5 rings (SSSR count). The fourth-order valence-electron chi connectivity index (χ4n) is 5.07. The number of thiazole rings is 1. The SMILES string of the molecule is Cc1ccc2nc(N3CCCC(C(=O)N4CCC(Cc5ccccc5)CC4)C3)sc2c1. The fraction of sp³-hybridized carbons (Fsp3) is 0.462. The van der Waals surface area contributed by atoms with Crippen molar-refractivity contribution in [3.05, 3.63) is 59.7 Å². The minimum atomic E-state index is 0.105. The predicted octanol–water partition coefficient (Wildman–Crippen LogP) is 5.30. The van der Waals surface area contributed by atoms with Crippen LogP contribution in [0.15, 0.2) is 48.5 Å². The van der Waals surface area contributed by atoms with Gasteiger partial charge in [0.1, 0.15) is 0 Å². The third-order valence-electron chi connectivity index (χ3n) is 6.87. The maximum absolute atomic E-state index is 13.3. The normalized spacial score (nSPS) is 20.4. The van der Waals surface area contributed by atoms with E-state index in [1.165, 1.54) is 15.8 Å². The number of anilines is 1. The Labute approximate surface area is 188 Å². The molecule has 31 heavy (non-hydrogen) atoms. The van der Waals surface area contributed by atoms with E-state index in [-0.39, 0.29) is 5.92 Å². The molecule has 5 heteroatoms. The quantitative estimate of drug-likeness (QED) is 0.560. The molecule has 162 valence electrons. The van der Waals surface area contributed by atoms with Gasteiger partial charge >= 0.3 is 0 Å². The van der Waals surface area contributed by atoms with Crippen LogP contribution in [0, 0.1) is 18.8 Å². The summed E-state index contributed by atoms with van der Waals surface area (Å²) in [7, 11) is 0. The van der Waals surface area contributed by atoms with E-state index >= 15 is 0 Å². The van der Waals surface area contributed by atoms with Crippen LogP contribution in [0.2, 0.25) is 0 Å². The zero-order valence-corrected chi connectivity index (χ0v) is 19.1. The van der Waals surface area contributed by atoms with Crippen molar-refractivity contribution in [3.8, 4) is 0 Å². The van der Waals surface area contributed by atoms with Crippen LogP contribution >= 0.6 is 11.3 Å². The Bertz CT molecular complexity index is 1040. The van der Waals surface area contributed by atoms with Crippen LogP contribution in [0.1, 0.15) is 36.8 Å². The standard InChI is InChI=1S/C26H31N3OS/c1-19-9-10-23-24(16-19)31-26(27-23)29-13-5-8-22(18-29)25(30)28-14-11-21(12-15-28)17-20-6-3-2-4-7-20/h2-4,6-7,9-10,16,21-22H,5,8,11-15,17-18H2,1H3. The third kappa shape index (κ3) is 4.62. The smallest absolute Gasteiger partial charge is 0.227 e. The van der Waals surface area contributed by atoms with E-state index < -0.39 is 0 Å². The summed E-state index contributed by atoms with van der Waals surface area (Å²) in [5, 5.41) is 1.07. The highest BCUT2D eigenvalue weighted by molar-refractivity contribution is 7.22. The van der Waals surface area contributed by atoms with E-state index in [0.29, 0.717) is 11.8 Å². The van der Waals surface area contributed by atoms with E-state index in [2.05, 4.69) is 65.3 Å². The van der Waals surface area contributed by atoms with Crippen LogP contribution < -0.4 is 4.90 Å². The van der Waals surface area contributed by atoms with E-state index in [4.69, 9.17) is 4.98 Å². The van der Waals surface area contributed by atoms with E-state index in [1.807, 2.05) is 0 Å². The number of hydrogen-bond donors (Lipinski definition) is 0.